The number of alkyl carbamates (subject to hydrolysis) is 1. The van der Waals surface area contributed by atoms with Crippen molar-refractivity contribution in [1.29, 1.82) is 0 Å². The van der Waals surface area contributed by atoms with E-state index in [2.05, 4.69) is 30.4 Å². The molecule has 0 saturated heterocycles. The Bertz CT molecular complexity index is 674. The molecule has 1 unspecified atom stereocenters. The van der Waals surface area contributed by atoms with Crippen molar-refractivity contribution in [2.24, 2.45) is 5.73 Å². The van der Waals surface area contributed by atoms with Crippen LogP contribution in [-0.2, 0) is 4.74 Å². The highest BCUT2D eigenvalue weighted by atomic mass is 16.6. The third kappa shape index (κ3) is 3.77. The normalized spacial score (nSPS) is 13.0. The summed E-state index contributed by atoms with van der Waals surface area (Å²) < 4.78 is 5.32. The zero-order chi connectivity index (χ0) is 16.3. The van der Waals surface area contributed by atoms with Gasteiger partial charge in [0.15, 0.2) is 0 Å². The van der Waals surface area contributed by atoms with Crippen LogP contribution in [0, 0.1) is 6.92 Å². The molecule has 2 aromatic rings. The predicted octanol–water partition coefficient (Wildman–Crippen LogP) is 3.67. The van der Waals surface area contributed by atoms with Crippen molar-refractivity contribution in [2.75, 3.05) is 6.54 Å². The quantitative estimate of drug-likeness (QED) is 0.909. The molecule has 118 valence electrons. The Morgan fingerprint density at radius 1 is 1.18 bits per heavy atom. The highest BCUT2D eigenvalue weighted by Gasteiger charge is 2.21. The number of rotatable bonds is 3. The number of hydrogen-bond donors (Lipinski definition) is 2. The first-order valence-electron chi connectivity index (χ1n) is 7.49. The number of amides is 1. The molecule has 1 amide bonds. The van der Waals surface area contributed by atoms with Gasteiger partial charge in [-0.05, 0) is 49.6 Å². The first kappa shape index (κ1) is 16.3. The van der Waals surface area contributed by atoms with Gasteiger partial charge in [-0.3, -0.25) is 0 Å². The molecule has 2 rings (SSSR count). The molecule has 0 aliphatic heterocycles. The maximum Gasteiger partial charge on any atom is 0.408 e. The Morgan fingerprint density at radius 3 is 2.41 bits per heavy atom. The highest BCUT2D eigenvalue weighted by Crippen LogP contribution is 2.26. The highest BCUT2D eigenvalue weighted by molar-refractivity contribution is 5.89. The van der Waals surface area contributed by atoms with Gasteiger partial charge in [-0.2, -0.15) is 0 Å². The molecule has 0 bridgehead atoms. The lowest BCUT2D eigenvalue weighted by molar-refractivity contribution is 0.0505. The molecule has 0 heterocycles. The van der Waals surface area contributed by atoms with Crippen molar-refractivity contribution in [3.05, 3.63) is 47.5 Å². The number of carbonyl (C=O) groups is 1. The second kappa shape index (κ2) is 6.36. The lowest BCUT2D eigenvalue weighted by Gasteiger charge is -2.24. The largest absolute Gasteiger partial charge is 0.444 e. The fraction of sp³-hybridized carbons (Fsp3) is 0.389. The number of benzene rings is 2. The molecule has 22 heavy (non-hydrogen) atoms. The zero-order valence-electron chi connectivity index (χ0n) is 13.6. The second-order valence-electron chi connectivity index (χ2n) is 6.45. The summed E-state index contributed by atoms with van der Waals surface area (Å²) in [7, 11) is 0. The smallest absolute Gasteiger partial charge is 0.408 e. The van der Waals surface area contributed by atoms with Crippen LogP contribution >= 0.6 is 0 Å². The van der Waals surface area contributed by atoms with E-state index in [1.165, 1.54) is 10.9 Å². The van der Waals surface area contributed by atoms with Crippen LogP contribution in [0.2, 0.25) is 0 Å². The Kier molecular flexibility index (Phi) is 4.71. The summed E-state index contributed by atoms with van der Waals surface area (Å²) in [5.41, 5.74) is 7.56. The molecule has 3 N–H and O–H groups in total. The van der Waals surface area contributed by atoms with E-state index in [9.17, 15) is 4.79 Å². The number of ether oxygens (including phenoxy) is 1. The summed E-state index contributed by atoms with van der Waals surface area (Å²) in [6.45, 7) is 7.90. The van der Waals surface area contributed by atoms with Crippen molar-refractivity contribution in [2.45, 2.75) is 39.3 Å². The van der Waals surface area contributed by atoms with Gasteiger partial charge < -0.3 is 15.8 Å². The van der Waals surface area contributed by atoms with Gasteiger partial charge in [-0.25, -0.2) is 4.79 Å². The number of hydrogen-bond acceptors (Lipinski definition) is 3. The van der Waals surface area contributed by atoms with E-state index in [1.54, 1.807) is 0 Å². The summed E-state index contributed by atoms with van der Waals surface area (Å²) in [5.74, 6) is 0. The number of aryl methyl sites for hydroxylation is 1. The zero-order valence-corrected chi connectivity index (χ0v) is 13.6. The first-order valence-corrected chi connectivity index (χ1v) is 7.49. The van der Waals surface area contributed by atoms with Gasteiger partial charge in [0.1, 0.15) is 5.60 Å². The van der Waals surface area contributed by atoms with Crippen molar-refractivity contribution in [1.82, 2.24) is 5.32 Å². The summed E-state index contributed by atoms with van der Waals surface area (Å²) in [4.78, 5) is 12.0. The Balaban J connectivity index is 2.32. The van der Waals surface area contributed by atoms with Crippen LogP contribution in [0.4, 0.5) is 4.79 Å². The molecule has 0 fully saturated rings. The van der Waals surface area contributed by atoms with E-state index in [4.69, 9.17) is 10.5 Å². The minimum atomic E-state index is -0.529. The maximum absolute atomic E-state index is 12.0. The van der Waals surface area contributed by atoms with Crippen LogP contribution in [0.5, 0.6) is 0 Å². The van der Waals surface area contributed by atoms with Gasteiger partial charge in [-0.1, -0.05) is 36.4 Å². The van der Waals surface area contributed by atoms with Gasteiger partial charge in [-0.15, -0.1) is 0 Å². The molecular formula is C18H24N2O2. The number of carbonyl (C=O) groups excluding carboxylic acids is 1. The summed E-state index contributed by atoms with van der Waals surface area (Å²) in [5, 5.41) is 5.14. The maximum atomic E-state index is 12.0. The van der Waals surface area contributed by atoms with Crippen molar-refractivity contribution < 1.29 is 9.53 Å². The average Bonchev–Trinajstić information content (AvgIpc) is 2.44. The summed E-state index contributed by atoms with van der Waals surface area (Å²) in [6.07, 6.45) is -0.451. The van der Waals surface area contributed by atoms with Crippen LogP contribution in [0.3, 0.4) is 0 Å². The molecule has 2 aromatic carbocycles. The monoisotopic (exact) mass is 300 g/mol. The van der Waals surface area contributed by atoms with Crippen molar-refractivity contribution >= 4 is 16.9 Å². The number of nitrogens with one attached hydrogen (secondary N) is 1. The van der Waals surface area contributed by atoms with Gasteiger partial charge in [0.2, 0.25) is 0 Å². The minimum absolute atomic E-state index is 0.277. The fourth-order valence-corrected chi connectivity index (χ4v) is 2.49. The van der Waals surface area contributed by atoms with E-state index < -0.39 is 11.7 Å². The second-order valence-corrected chi connectivity index (χ2v) is 6.45. The summed E-state index contributed by atoms with van der Waals surface area (Å²) >= 11 is 0. The van der Waals surface area contributed by atoms with E-state index in [0.717, 1.165) is 10.9 Å². The van der Waals surface area contributed by atoms with E-state index in [0.29, 0.717) is 6.54 Å². The van der Waals surface area contributed by atoms with E-state index in [1.807, 2.05) is 39.0 Å². The van der Waals surface area contributed by atoms with Gasteiger partial charge in [0.05, 0.1) is 6.04 Å². The van der Waals surface area contributed by atoms with Gasteiger partial charge >= 0.3 is 6.09 Å². The minimum Gasteiger partial charge on any atom is -0.444 e. The molecule has 0 spiro atoms. The lowest BCUT2D eigenvalue weighted by Crippen LogP contribution is -2.37. The molecule has 0 radical (unpaired) electrons. The standard InChI is InChI=1S/C18H24N2O2/c1-12-9-10-15(14-8-6-5-7-13(12)14)16(11-19)20-17(21)22-18(2,3)4/h5-10,16H,11,19H2,1-4H3,(H,20,21). The first-order chi connectivity index (χ1) is 10.3. The lowest BCUT2D eigenvalue weighted by atomic mass is 9.96. The average molecular weight is 300 g/mol. The fourth-order valence-electron chi connectivity index (χ4n) is 2.49. The van der Waals surface area contributed by atoms with E-state index in [-0.39, 0.29) is 6.04 Å². The van der Waals surface area contributed by atoms with Crippen molar-refractivity contribution in [3.8, 4) is 0 Å². The molecule has 4 nitrogen and oxygen atoms in total. The molecule has 0 aliphatic rings. The number of fused-ring (bicyclic) bond motifs is 1. The van der Waals surface area contributed by atoms with Gasteiger partial charge in [0, 0.05) is 6.54 Å². The Morgan fingerprint density at radius 2 is 1.82 bits per heavy atom. The third-order valence-corrected chi connectivity index (χ3v) is 3.48. The molecular weight excluding hydrogens is 276 g/mol. The number of nitrogens with two attached hydrogens (primary N) is 1. The summed E-state index contributed by atoms with van der Waals surface area (Å²) in [6, 6.07) is 11.9. The third-order valence-electron chi connectivity index (χ3n) is 3.48. The SMILES string of the molecule is Cc1ccc(C(CN)NC(=O)OC(C)(C)C)c2ccccc12. The van der Waals surface area contributed by atoms with Crippen LogP contribution in [0.25, 0.3) is 10.8 Å². The van der Waals surface area contributed by atoms with Gasteiger partial charge in [0.25, 0.3) is 0 Å². The predicted molar refractivity (Wildman–Crippen MR) is 89.9 cm³/mol. The molecule has 0 aromatic heterocycles. The Hall–Kier alpha value is -2.07. The van der Waals surface area contributed by atoms with Crippen molar-refractivity contribution in [3.63, 3.8) is 0 Å². The molecule has 1 atom stereocenters. The van der Waals surface area contributed by atoms with Crippen LogP contribution in [0.1, 0.15) is 37.9 Å². The van der Waals surface area contributed by atoms with Crippen LogP contribution in [0.15, 0.2) is 36.4 Å². The topological polar surface area (TPSA) is 64.3 Å². The van der Waals surface area contributed by atoms with Crippen LogP contribution in [-0.4, -0.2) is 18.2 Å². The Labute approximate surface area is 131 Å². The molecule has 0 saturated carbocycles. The van der Waals surface area contributed by atoms with E-state index >= 15 is 0 Å². The molecule has 4 heteroatoms. The van der Waals surface area contributed by atoms with Crippen LogP contribution < -0.4 is 11.1 Å². The molecule has 0 aliphatic carbocycles.